The van der Waals surface area contributed by atoms with Gasteiger partial charge in [0.25, 0.3) is 0 Å². The Balaban J connectivity index is 2.18. The topological polar surface area (TPSA) is 72.2 Å². The van der Waals surface area contributed by atoms with Crippen molar-refractivity contribution in [2.45, 2.75) is 25.2 Å². The van der Waals surface area contributed by atoms with Crippen LogP contribution in [0.15, 0.2) is 17.0 Å². The lowest BCUT2D eigenvalue weighted by atomic mass is 10.1. The second-order valence-corrected chi connectivity index (χ2v) is 8.04. The zero-order valence-corrected chi connectivity index (χ0v) is 13.0. The molecule has 1 aromatic carbocycles. The summed E-state index contributed by atoms with van der Waals surface area (Å²) in [6.07, 6.45) is 1.02. The summed E-state index contributed by atoms with van der Waals surface area (Å²) in [6.45, 7) is 4.63. The van der Waals surface area contributed by atoms with E-state index in [1.807, 2.05) is 0 Å². The monoisotopic (exact) mass is 322 g/mol. The van der Waals surface area contributed by atoms with Crippen molar-refractivity contribution in [3.63, 3.8) is 0 Å². The van der Waals surface area contributed by atoms with Gasteiger partial charge in [-0.2, -0.15) is 0 Å². The molecule has 0 aliphatic heterocycles. The summed E-state index contributed by atoms with van der Waals surface area (Å²) >= 11 is 11.7. The fourth-order valence-electron chi connectivity index (χ4n) is 1.97. The molecule has 3 N–H and O–H groups in total. The highest BCUT2D eigenvalue weighted by atomic mass is 35.5. The van der Waals surface area contributed by atoms with Crippen LogP contribution in [0.5, 0.6) is 0 Å². The van der Waals surface area contributed by atoms with Crippen molar-refractivity contribution in [1.29, 1.82) is 0 Å². The molecule has 1 unspecified atom stereocenters. The minimum absolute atomic E-state index is 0.0324. The average molecular weight is 323 g/mol. The molecule has 0 aromatic heterocycles. The standard InChI is InChI=1S/C12H16Cl2N2O2S/c1-12(2)5-7(12)6-16-19(17,18)9-4-3-8(13)11(15)10(9)14/h3-4,7,16H,5-6,15H2,1-2H3. The van der Waals surface area contributed by atoms with Gasteiger partial charge in [-0.1, -0.05) is 37.0 Å². The summed E-state index contributed by atoms with van der Waals surface area (Å²) in [7, 11) is -3.66. The van der Waals surface area contributed by atoms with Gasteiger partial charge in [-0.05, 0) is 29.9 Å². The maximum atomic E-state index is 12.2. The third-order valence-corrected chi connectivity index (χ3v) is 5.93. The molecule has 0 spiro atoms. The second kappa shape index (κ2) is 4.81. The highest BCUT2D eigenvalue weighted by molar-refractivity contribution is 7.89. The van der Waals surface area contributed by atoms with E-state index < -0.39 is 10.0 Å². The van der Waals surface area contributed by atoms with Gasteiger partial charge in [-0.25, -0.2) is 13.1 Å². The van der Waals surface area contributed by atoms with Crippen molar-refractivity contribution in [3.05, 3.63) is 22.2 Å². The molecule has 1 atom stereocenters. The summed E-state index contributed by atoms with van der Waals surface area (Å²) in [4.78, 5) is -0.0328. The largest absolute Gasteiger partial charge is 0.396 e. The van der Waals surface area contributed by atoms with E-state index in [0.717, 1.165) is 6.42 Å². The van der Waals surface area contributed by atoms with Crippen molar-refractivity contribution in [3.8, 4) is 0 Å². The van der Waals surface area contributed by atoms with Gasteiger partial charge in [-0.15, -0.1) is 0 Å². The highest BCUT2D eigenvalue weighted by Crippen LogP contribution is 2.51. The molecule has 0 amide bonds. The molecule has 2 rings (SSSR count). The SMILES string of the molecule is CC1(C)CC1CNS(=O)(=O)c1ccc(Cl)c(N)c1Cl. The van der Waals surface area contributed by atoms with Crippen LogP contribution in [0.4, 0.5) is 5.69 Å². The number of halogens is 2. The van der Waals surface area contributed by atoms with Gasteiger partial charge >= 0.3 is 0 Å². The fraction of sp³-hybridized carbons (Fsp3) is 0.500. The molecule has 4 nitrogen and oxygen atoms in total. The van der Waals surface area contributed by atoms with Crippen LogP contribution in [0, 0.1) is 11.3 Å². The number of hydrogen-bond donors (Lipinski definition) is 2. The molecule has 0 radical (unpaired) electrons. The number of benzene rings is 1. The Labute approximate surface area is 123 Å². The summed E-state index contributed by atoms with van der Waals surface area (Å²) in [5.41, 5.74) is 5.93. The van der Waals surface area contributed by atoms with E-state index in [4.69, 9.17) is 28.9 Å². The van der Waals surface area contributed by atoms with E-state index >= 15 is 0 Å². The zero-order chi connectivity index (χ0) is 14.4. The first-order valence-electron chi connectivity index (χ1n) is 5.88. The van der Waals surface area contributed by atoms with Crippen LogP contribution < -0.4 is 10.5 Å². The summed E-state index contributed by atoms with van der Waals surface area (Å²) in [5, 5.41) is 0.210. The smallest absolute Gasteiger partial charge is 0.242 e. The van der Waals surface area contributed by atoms with Crippen molar-refractivity contribution in [2.24, 2.45) is 11.3 Å². The highest BCUT2D eigenvalue weighted by Gasteiger charge is 2.45. The average Bonchev–Trinajstić information content (AvgIpc) is 2.91. The number of hydrogen-bond acceptors (Lipinski definition) is 3. The van der Waals surface area contributed by atoms with E-state index in [9.17, 15) is 8.42 Å². The molecule has 0 heterocycles. The molecule has 1 fully saturated rings. The number of sulfonamides is 1. The molecule has 0 saturated heterocycles. The quantitative estimate of drug-likeness (QED) is 0.837. The predicted octanol–water partition coefficient (Wildman–Crippen LogP) is 2.90. The normalized spacial score (nSPS) is 21.4. The molecule has 1 aliphatic carbocycles. The lowest BCUT2D eigenvalue weighted by molar-refractivity contribution is 0.537. The number of nitrogens with two attached hydrogens (primary N) is 1. The fourth-order valence-corrected chi connectivity index (χ4v) is 3.81. The molecular weight excluding hydrogens is 307 g/mol. The third kappa shape index (κ3) is 2.99. The van der Waals surface area contributed by atoms with E-state index in [0.29, 0.717) is 12.5 Å². The molecular formula is C12H16Cl2N2O2S. The Morgan fingerprint density at radius 1 is 1.42 bits per heavy atom. The minimum Gasteiger partial charge on any atom is -0.396 e. The van der Waals surface area contributed by atoms with E-state index in [-0.39, 0.29) is 26.0 Å². The second-order valence-electron chi connectivity index (χ2n) is 5.51. The Bertz CT molecular complexity index is 614. The Morgan fingerprint density at radius 3 is 2.53 bits per heavy atom. The van der Waals surface area contributed by atoms with E-state index in [1.54, 1.807) is 0 Å². The summed E-state index contributed by atoms with van der Waals surface area (Å²) in [6, 6.07) is 2.79. The van der Waals surface area contributed by atoms with Gasteiger partial charge < -0.3 is 5.73 Å². The number of nitrogen functional groups attached to an aromatic ring is 1. The molecule has 0 bridgehead atoms. The van der Waals surface area contributed by atoms with Crippen LogP contribution in [0.1, 0.15) is 20.3 Å². The third-order valence-electron chi connectivity index (χ3n) is 3.62. The van der Waals surface area contributed by atoms with Gasteiger partial charge in [0.1, 0.15) is 4.90 Å². The molecule has 1 aliphatic rings. The van der Waals surface area contributed by atoms with Crippen LogP contribution >= 0.6 is 23.2 Å². The maximum Gasteiger partial charge on any atom is 0.242 e. The summed E-state index contributed by atoms with van der Waals surface area (Å²) < 4.78 is 26.9. The number of nitrogens with one attached hydrogen (secondary N) is 1. The number of anilines is 1. The van der Waals surface area contributed by atoms with Gasteiger partial charge in [0.2, 0.25) is 10.0 Å². The van der Waals surface area contributed by atoms with E-state index in [1.165, 1.54) is 12.1 Å². The van der Waals surface area contributed by atoms with Gasteiger partial charge in [0.05, 0.1) is 15.7 Å². The first kappa shape index (κ1) is 14.9. The minimum atomic E-state index is -3.66. The van der Waals surface area contributed by atoms with Gasteiger partial charge in [-0.3, -0.25) is 0 Å². The van der Waals surface area contributed by atoms with Crippen molar-refractivity contribution < 1.29 is 8.42 Å². The van der Waals surface area contributed by atoms with Crippen LogP contribution in [-0.4, -0.2) is 15.0 Å². The Kier molecular flexibility index (Phi) is 3.77. The molecule has 1 saturated carbocycles. The van der Waals surface area contributed by atoms with Crippen molar-refractivity contribution >= 4 is 38.9 Å². The van der Waals surface area contributed by atoms with Crippen LogP contribution in [-0.2, 0) is 10.0 Å². The molecule has 106 valence electrons. The number of rotatable bonds is 4. The molecule has 19 heavy (non-hydrogen) atoms. The van der Waals surface area contributed by atoms with Crippen molar-refractivity contribution in [2.75, 3.05) is 12.3 Å². The predicted molar refractivity (Wildman–Crippen MR) is 78.0 cm³/mol. The lowest BCUT2D eigenvalue weighted by Gasteiger charge is -2.11. The lowest BCUT2D eigenvalue weighted by Crippen LogP contribution is -2.27. The first-order chi connectivity index (χ1) is 8.65. The van der Waals surface area contributed by atoms with Crippen LogP contribution in [0.3, 0.4) is 0 Å². The molecule has 7 heteroatoms. The molecule has 1 aromatic rings. The van der Waals surface area contributed by atoms with Crippen LogP contribution in [0.25, 0.3) is 0 Å². The van der Waals surface area contributed by atoms with E-state index in [2.05, 4.69) is 18.6 Å². The maximum absolute atomic E-state index is 12.2. The van der Waals surface area contributed by atoms with Gasteiger partial charge in [0, 0.05) is 6.54 Å². The van der Waals surface area contributed by atoms with Gasteiger partial charge in [0.15, 0.2) is 0 Å². The van der Waals surface area contributed by atoms with Crippen LogP contribution in [0.2, 0.25) is 10.0 Å². The first-order valence-corrected chi connectivity index (χ1v) is 8.12. The zero-order valence-electron chi connectivity index (χ0n) is 10.7. The Morgan fingerprint density at radius 2 is 2.00 bits per heavy atom. The van der Waals surface area contributed by atoms with Crippen molar-refractivity contribution in [1.82, 2.24) is 4.72 Å². The Hall–Kier alpha value is -0.490. The summed E-state index contributed by atoms with van der Waals surface area (Å²) in [5.74, 6) is 0.366.